The van der Waals surface area contributed by atoms with Gasteiger partial charge in [-0.1, -0.05) is 104 Å². The third-order valence-corrected chi connectivity index (χ3v) is 5.94. The van der Waals surface area contributed by atoms with Gasteiger partial charge in [0.15, 0.2) is 0 Å². The van der Waals surface area contributed by atoms with Crippen LogP contribution in [0.5, 0.6) is 0 Å². The van der Waals surface area contributed by atoms with Crippen LogP contribution in [-0.4, -0.2) is 67.9 Å². The maximum Gasteiger partial charge on any atom is 0.407 e. The Bertz CT molecular complexity index is 573. The molecule has 206 valence electrons. The molecule has 0 aliphatic carbocycles. The van der Waals surface area contributed by atoms with E-state index in [1.165, 1.54) is 64.2 Å². The highest BCUT2D eigenvalue weighted by Gasteiger charge is 2.27. The van der Waals surface area contributed by atoms with Crippen LogP contribution in [0.2, 0.25) is 0 Å². The monoisotopic (exact) mass is 497 g/mol. The fraction of sp³-hybridized carbons (Fsp3) is 0.857. The molecule has 0 saturated carbocycles. The number of amides is 2. The molecule has 0 aliphatic heterocycles. The molecule has 0 fully saturated rings. The SMILES string of the molecule is CCCCCCCCCCCCC/C=C/[C@@H](O)[C@H](COC(=O)NCCN(C)C)NC(=O)C(C)(C)C. The minimum absolute atomic E-state index is 0.0977. The van der Waals surface area contributed by atoms with Crippen molar-refractivity contribution in [3.05, 3.63) is 12.2 Å². The van der Waals surface area contributed by atoms with Gasteiger partial charge < -0.3 is 25.4 Å². The van der Waals surface area contributed by atoms with Crippen molar-refractivity contribution in [1.29, 1.82) is 0 Å². The van der Waals surface area contributed by atoms with Gasteiger partial charge in [0.05, 0.1) is 12.1 Å². The van der Waals surface area contributed by atoms with E-state index in [1.54, 1.807) is 6.08 Å². The first-order chi connectivity index (χ1) is 16.6. The van der Waals surface area contributed by atoms with E-state index >= 15 is 0 Å². The number of hydrogen-bond donors (Lipinski definition) is 3. The van der Waals surface area contributed by atoms with E-state index in [-0.39, 0.29) is 12.5 Å². The molecule has 0 aromatic carbocycles. The molecular formula is C28H55N3O4. The first-order valence-corrected chi connectivity index (χ1v) is 13.8. The Hall–Kier alpha value is -1.60. The quantitative estimate of drug-likeness (QED) is 0.154. The fourth-order valence-electron chi connectivity index (χ4n) is 3.50. The summed E-state index contributed by atoms with van der Waals surface area (Å²) in [7, 11) is 3.84. The zero-order valence-electron chi connectivity index (χ0n) is 23.5. The van der Waals surface area contributed by atoms with Crippen molar-refractivity contribution in [2.24, 2.45) is 5.41 Å². The number of ether oxygens (including phenoxy) is 1. The molecule has 7 heteroatoms. The number of aliphatic hydroxyl groups is 1. The Morgan fingerprint density at radius 3 is 2.00 bits per heavy atom. The number of likely N-dealkylation sites (N-methyl/N-ethyl adjacent to an activating group) is 1. The maximum absolute atomic E-state index is 12.5. The lowest BCUT2D eigenvalue weighted by Crippen LogP contribution is -2.50. The number of rotatable bonds is 20. The van der Waals surface area contributed by atoms with Crippen molar-refractivity contribution in [2.75, 3.05) is 33.8 Å². The van der Waals surface area contributed by atoms with Crippen LogP contribution in [0.1, 0.15) is 105 Å². The molecule has 0 bridgehead atoms. The molecule has 0 unspecified atom stereocenters. The number of nitrogens with zero attached hydrogens (tertiary/aromatic N) is 1. The van der Waals surface area contributed by atoms with E-state index in [9.17, 15) is 14.7 Å². The van der Waals surface area contributed by atoms with Crippen LogP contribution >= 0.6 is 0 Å². The second-order valence-corrected chi connectivity index (χ2v) is 10.9. The summed E-state index contributed by atoms with van der Waals surface area (Å²) in [5.41, 5.74) is -0.606. The van der Waals surface area contributed by atoms with Crippen molar-refractivity contribution in [3.63, 3.8) is 0 Å². The van der Waals surface area contributed by atoms with Gasteiger partial charge >= 0.3 is 6.09 Å². The maximum atomic E-state index is 12.5. The highest BCUT2D eigenvalue weighted by molar-refractivity contribution is 5.81. The number of carbonyl (C=O) groups is 2. The molecule has 0 saturated heterocycles. The molecule has 0 radical (unpaired) electrons. The van der Waals surface area contributed by atoms with Crippen molar-refractivity contribution >= 4 is 12.0 Å². The number of allylic oxidation sites excluding steroid dienone is 1. The summed E-state index contributed by atoms with van der Waals surface area (Å²) < 4.78 is 5.26. The zero-order valence-corrected chi connectivity index (χ0v) is 23.5. The summed E-state index contributed by atoms with van der Waals surface area (Å²) >= 11 is 0. The molecular weight excluding hydrogens is 442 g/mol. The average Bonchev–Trinajstić information content (AvgIpc) is 2.78. The smallest absolute Gasteiger partial charge is 0.407 e. The minimum atomic E-state index is -0.927. The van der Waals surface area contributed by atoms with E-state index < -0.39 is 23.7 Å². The van der Waals surface area contributed by atoms with Crippen molar-refractivity contribution in [1.82, 2.24) is 15.5 Å². The van der Waals surface area contributed by atoms with E-state index in [2.05, 4.69) is 17.6 Å². The summed E-state index contributed by atoms with van der Waals surface area (Å²) in [5, 5.41) is 16.1. The normalized spacial score (nSPS) is 13.7. The predicted molar refractivity (Wildman–Crippen MR) is 146 cm³/mol. The molecule has 7 nitrogen and oxygen atoms in total. The van der Waals surface area contributed by atoms with Gasteiger partial charge in [-0.15, -0.1) is 0 Å². The third kappa shape index (κ3) is 20.3. The third-order valence-electron chi connectivity index (χ3n) is 5.94. The molecule has 0 aromatic heterocycles. The van der Waals surface area contributed by atoms with E-state index in [0.717, 1.165) is 12.8 Å². The van der Waals surface area contributed by atoms with Gasteiger partial charge in [0.25, 0.3) is 0 Å². The Kier molecular flexibility index (Phi) is 19.6. The fourth-order valence-corrected chi connectivity index (χ4v) is 3.50. The number of aliphatic hydroxyl groups excluding tert-OH is 1. The Labute approximate surface area is 215 Å². The van der Waals surface area contributed by atoms with E-state index in [0.29, 0.717) is 13.1 Å². The number of alkyl carbamates (subject to hydrolysis) is 1. The van der Waals surface area contributed by atoms with E-state index in [4.69, 9.17) is 4.74 Å². The number of unbranched alkanes of at least 4 members (excludes halogenated alkanes) is 11. The van der Waals surface area contributed by atoms with Crippen LogP contribution in [-0.2, 0) is 9.53 Å². The Balaban J connectivity index is 4.31. The van der Waals surface area contributed by atoms with Crippen LogP contribution < -0.4 is 10.6 Å². The van der Waals surface area contributed by atoms with Crippen molar-refractivity contribution < 1.29 is 19.4 Å². The topological polar surface area (TPSA) is 90.9 Å². The van der Waals surface area contributed by atoms with Crippen LogP contribution in [0.15, 0.2) is 12.2 Å². The minimum Gasteiger partial charge on any atom is -0.447 e. The first-order valence-electron chi connectivity index (χ1n) is 13.8. The lowest BCUT2D eigenvalue weighted by Gasteiger charge is -2.26. The van der Waals surface area contributed by atoms with Gasteiger partial charge in [0.2, 0.25) is 5.91 Å². The second-order valence-electron chi connectivity index (χ2n) is 10.9. The average molecular weight is 498 g/mol. The zero-order chi connectivity index (χ0) is 26.5. The number of hydrogen-bond acceptors (Lipinski definition) is 5. The van der Waals surface area contributed by atoms with Crippen molar-refractivity contribution in [2.45, 2.75) is 117 Å². The summed E-state index contributed by atoms with van der Waals surface area (Å²) in [6.07, 6.45) is 17.4. The molecule has 35 heavy (non-hydrogen) atoms. The second kappa shape index (κ2) is 20.6. The summed E-state index contributed by atoms with van der Waals surface area (Å²) in [5.74, 6) is -0.197. The van der Waals surface area contributed by atoms with Crippen LogP contribution in [0.25, 0.3) is 0 Å². The number of carbonyl (C=O) groups excluding carboxylic acids is 2. The molecule has 0 aliphatic rings. The lowest BCUT2D eigenvalue weighted by atomic mass is 9.95. The van der Waals surface area contributed by atoms with Gasteiger partial charge in [0.1, 0.15) is 6.61 Å². The lowest BCUT2D eigenvalue weighted by molar-refractivity contribution is -0.130. The molecule has 0 spiro atoms. The van der Waals surface area contributed by atoms with Gasteiger partial charge in [0, 0.05) is 18.5 Å². The largest absolute Gasteiger partial charge is 0.447 e. The standard InChI is InChI=1S/C28H55N3O4/c1-7-8-9-10-11-12-13-14-15-16-17-18-19-20-25(32)24(30-26(33)28(2,3)4)23-35-27(34)29-21-22-31(5)6/h19-20,24-25,32H,7-18,21-23H2,1-6H3,(H,29,34)(H,30,33)/b20-19+/t24-,25+/m0/s1. The molecule has 0 heterocycles. The number of nitrogens with one attached hydrogen (secondary N) is 2. The van der Waals surface area contributed by atoms with Crippen LogP contribution in [0, 0.1) is 5.41 Å². The Morgan fingerprint density at radius 2 is 1.49 bits per heavy atom. The van der Waals surface area contributed by atoms with Crippen LogP contribution in [0.3, 0.4) is 0 Å². The first kappa shape index (κ1) is 33.4. The van der Waals surface area contributed by atoms with Crippen molar-refractivity contribution in [3.8, 4) is 0 Å². The van der Waals surface area contributed by atoms with E-state index in [1.807, 2.05) is 45.8 Å². The Morgan fingerprint density at radius 1 is 0.943 bits per heavy atom. The molecule has 0 rings (SSSR count). The molecule has 0 aromatic rings. The highest BCUT2D eigenvalue weighted by Crippen LogP contribution is 2.15. The van der Waals surface area contributed by atoms with Gasteiger partial charge in [-0.05, 0) is 26.9 Å². The van der Waals surface area contributed by atoms with Gasteiger partial charge in [-0.2, -0.15) is 0 Å². The molecule has 3 N–H and O–H groups in total. The molecule has 2 amide bonds. The van der Waals surface area contributed by atoms with Gasteiger partial charge in [-0.25, -0.2) is 4.79 Å². The summed E-state index contributed by atoms with van der Waals surface area (Å²) in [6.45, 7) is 8.74. The van der Waals surface area contributed by atoms with Crippen LogP contribution in [0.4, 0.5) is 4.79 Å². The predicted octanol–water partition coefficient (Wildman–Crippen LogP) is 5.42. The highest BCUT2D eigenvalue weighted by atomic mass is 16.5. The summed E-state index contributed by atoms with van der Waals surface area (Å²) in [4.78, 5) is 26.4. The molecule has 2 atom stereocenters. The summed E-state index contributed by atoms with van der Waals surface area (Å²) in [6, 6.07) is -0.699. The van der Waals surface area contributed by atoms with Gasteiger partial charge in [-0.3, -0.25) is 4.79 Å².